The smallest absolute Gasteiger partial charge is 0.343 e. The van der Waals surface area contributed by atoms with E-state index in [0.717, 1.165) is 17.6 Å². The summed E-state index contributed by atoms with van der Waals surface area (Å²) in [5.41, 5.74) is -0.315. The van der Waals surface area contributed by atoms with Crippen LogP contribution in [0.2, 0.25) is 0 Å². The third kappa shape index (κ3) is 3.27. The summed E-state index contributed by atoms with van der Waals surface area (Å²) in [6, 6.07) is 8.40. The lowest BCUT2D eigenvalue weighted by molar-refractivity contribution is -0.385. The molecular weight excluding hydrogens is 458 g/mol. The molecule has 2 aromatic carbocycles. The molecule has 2 aliphatic heterocycles. The molecule has 2 aliphatic carbocycles. The summed E-state index contributed by atoms with van der Waals surface area (Å²) in [7, 11) is 0. The molecule has 1 saturated carbocycles. The SMILES string of the molecule is O=C(Oc1c(C=NN2C(=O)[C@@H]3[C@H](C2=O)[C@H]2C=C[C@H]3C2)cccc1[N+](=O)[O-])c1ccc2c(c1)OCO2. The molecule has 11 nitrogen and oxygen atoms in total. The highest BCUT2D eigenvalue weighted by Crippen LogP contribution is 2.52. The Labute approximate surface area is 197 Å². The molecule has 4 atom stereocenters. The number of hydrogen-bond donors (Lipinski definition) is 0. The number of hydrogen-bond acceptors (Lipinski definition) is 9. The first-order valence-electron chi connectivity index (χ1n) is 10.9. The van der Waals surface area contributed by atoms with Gasteiger partial charge in [-0.05, 0) is 42.5 Å². The van der Waals surface area contributed by atoms with Crippen LogP contribution in [-0.2, 0) is 9.59 Å². The van der Waals surface area contributed by atoms with E-state index in [9.17, 15) is 24.5 Å². The van der Waals surface area contributed by atoms with E-state index < -0.39 is 40.2 Å². The van der Waals surface area contributed by atoms with Crippen LogP contribution in [0.15, 0.2) is 53.7 Å². The van der Waals surface area contributed by atoms with Crippen LogP contribution in [0.25, 0.3) is 0 Å². The van der Waals surface area contributed by atoms with Crippen molar-refractivity contribution >= 4 is 29.7 Å². The molecule has 0 radical (unpaired) electrons. The lowest BCUT2D eigenvalue weighted by Gasteiger charge is -2.13. The number of para-hydroxylation sites is 1. The monoisotopic (exact) mass is 475 g/mol. The maximum absolute atomic E-state index is 12.9. The summed E-state index contributed by atoms with van der Waals surface area (Å²) in [5, 5.41) is 16.5. The van der Waals surface area contributed by atoms with E-state index in [4.69, 9.17) is 14.2 Å². The van der Waals surface area contributed by atoms with Gasteiger partial charge < -0.3 is 14.2 Å². The summed E-state index contributed by atoms with van der Waals surface area (Å²) in [5.74, 6) is -1.99. The topological polar surface area (TPSA) is 138 Å². The van der Waals surface area contributed by atoms with Gasteiger partial charge in [0.15, 0.2) is 11.5 Å². The van der Waals surface area contributed by atoms with Crippen molar-refractivity contribution in [1.29, 1.82) is 0 Å². The normalized spacial score (nSPS) is 25.5. The van der Waals surface area contributed by atoms with Gasteiger partial charge in [0.05, 0.1) is 28.5 Å². The summed E-state index contributed by atoms with van der Waals surface area (Å²) >= 11 is 0. The van der Waals surface area contributed by atoms with Gasteiger partial charge in [-0.2, -0.15) is 10.1 Å². The molecule has 0 unspecified atom stereocenters. The number of fused-ring (bicyclic) bond motifs is 6. The molecule has 2 aromatic rings. The van der Waals surface area contributed by atoms with Crippen LogP contribution >= 0.6 is 0 Å². The fourth-order valence-corrected chi connectivity index (χ4v) is 5.19. The molecule has 1 saturated heterocycles. The van der Waals surface area contributed by atoms with E-state index >= 15 is 0 Å². The van der Waals surface area contributed by atoms with Crippen molar-refractivity contribution in [1.82, 2.24) is 5.01 Å². The second-order valence-electron chi connectivity index (χ2n) is 8.64. The van der Waals surface area contributed by atoms with Crippen molar-refractivity contribution in [3.8, 4) is 17.2 Å². The molecule has 0 aromatic heterocycles. The number of hydrazone groups is 1. The Kier molecular flexibility index (Phi) is 4.66. The van der Waals surface area contributed by atoms with E-state index in [-0.39, 0.29) is 35.5 Å². The van der Waals surface area contributed by atoms with Gasteiger partial charge in [-0.15, -0.1) is 0 Å². The van der Waals surface area contributed by atoms with Crippen molar-refractivity contribution in [3.05, 3.63) is 69.8 Å². The van der Waals surface area contributed by atoms with Crippen LogP contribution in [0.5, 0.6) is 17.2 Å². The minimum Gasteiger partial charge on any atom is -0.454 e. The fourth-order valence-electron chi connectivity index (χ4n) is 5.19. The number of esters is 1. The molecular formula is C24H17N3O8. The van der Waals surface area contributed by atoms with Gasteiger partial charge in [0, 0.05) is 11.6 Å². The highest BCUT2D eigenvalue weighted by atomic mass is 16.7. The number of nitrogens with zero attached hydrogens (tertiary/aromatic N) is 3. The number of imide groups is 1. The van der Waals surface area contributed by atoms with Gasteiger partial charge in [-0.25, -0.2) is 4.79 Å². The number of ether oxygens (including phenoxy) is 3. The highest BCUT2D eigenvalue weighted by molar-refractivity contribution is 6.07. The number of amides is 2. The van der Waals surface area contributed by atoms with Crippen LogP contribution in [0.4, 0.5) is 5.69 Å². The first kappa shape index (κ1) is 21.0. The average Bonchev–Trinajstić information content (AvgIpc) is 3.62. The van der Waals surface area contributed by atoms with E-state index in [1.807, 2.05) is 12.2 Å². The molecule has 2 heterocycles. The summed E-state index contributed by atoms with van der Waals surface area (Å²) in [6.45, 7) is 0.0197. The molecule has 6 rings (SSSR count). The number of nitro groups is 1. The Morgan fingerprint density at radius 1 is 1.09 bits per heavy atom. The largest absolute Gasteiger partial charge is 0.454 e. The number of benzene rings is 2. The zero-order valence-electron chi connectivity index (χ0n) is 18.0. The predicted octanol–water partition coefficient (Wildman–Crippen LogP) is 2.68. The Hall–Kier alpha value is -4.54. The minimum atomic E-state index is -0.863. The molecule has 4 aliphatic rings. The van der Waals surface area contributed by atoms with E-state index in [1.54, 1.807) is 0 Å². The Balaban J connectivity index is 1.29. The number of rotatable bonds is 5. The van der Waals surface area contributed by atoms with Crippen molar-refractivity contribution in [3.63, 3.8) is 0 Å². The molecule has 2 amide bonds. The van der Waals surface area contributed by atoms with Gasteiger partial charge in [0.1, 0.15) is 0 Å². The second-order valence-corrected chi connectivity index (χ2v) is 8.64. The molecule has 2 fully saturated rings. The maximum atomic E-state index is 12.9. The third-order valence-electron chi connectivity index (χ3n) is 6.78. The minimum absolute atomic E-state index is 0.0197. The molecule has 0 spiro atoms. The highest BCUT2D eigenvalue weighted by Gasteiger charge is 2.59. The van der Waals surface area contributed by atoms with Crippen LogP contribution in [0.1, 0.15) is 22.3 Å². The number of allylic oxidation sites excluding steroid dienone is 2. The van der Waals surface area contributed by atoms with Crippen molar-refractivity contribution < 1.29 is 33.5 Å². The summed E-state index contributed by atoms with van der Waals surface area (Å²) < 4.78 is 15.9. The van der Waals surface area contributed by atoms with Crippen LogP contribution < -0.4 is 14.2 Å². The van der Waals surface area contributed by atoms with Crippen LogP contribution in [0, 0.1) is 33.8 Å². The van der Waals surface area contributed by atoms with Crippen molar-refractivity contribution in [2.75, 3.05) is 6.79 Å². The molecule has 35 heavy (non-hydrogen) atoms. The fraction of sp³-hybridized carbons (Fsp3) is 0.250. The average molecular weight is 475 g/mol. The number of nitro benzene ring substituents is 1. The number of carbonyl (C=O) groups is 3. The molecule has 176 valence electrons. The Morgan fingerprint density at radius 2 is 1.80 bits per heavy atom. The lowest BCUT2D eigenvalue weighted by atomic mass is 9.85. The zero-order chi connectivity index (χ0) is 24.3. The van der Waals surface area contributed by atoms with E-state index in [2.05, 4.69) is 5.10 Å². The van der Waals surface area contributed by atoms with Crippen LogP contribution in [0.3, 0.4) is 0 Å². The molecule has 11 heteroatoms. The van der Waals surface area contributed by atoms with Gasteiger partial charge in [0.2, 0.25) is 12.5 Å². The zero-order valence-corrected chi connectivity index (χ0v) is 18.0. The summed E-state index contributed by atoms with van der Waals surface area (Å²) in [4.78, 5) is 49.5. The Bertz CT molecular complexity index is 1340. The van der Waals surface area contributed by atoms with Crippen LogP contribution in [-0.4, -0.2) is 40.7 Å². The van der Waals surface area contributed by atoms with Gasteiger partial charge in [-0.1, -0.05) is 18.2 Å². The standard InChI is InChI=1S/C24H17N3O8/c28-22-19-12-4-5-13(8-12)20(19)23(29)26(22)25-10-15-2-1-3-16(27(31)32)21(15)35-24(30)14-6-7-17-18(9-14)34-11-33-17/h1-7,9-10,12-13,19-20H,8,11H2/t12-,13-,19-,20+/m0/s1. The maximum Gasteiger partial charge on any atom is 0.343 e. The molecule has 2 bridgehead atoms. The third-order valence-corrected chi connectivity index (χ3v) is 6.78. The first-order valence-corrected chi connectivity index (χ1v) is 10.9. The van der Waals surface area contributed by atoms with Crippen molar-refractivity contribution in [2.45, 2.75) is 6.42 Å². The predicted molar refractivity (Wildman–Crippen MR) is 118 cm³/mol. The lowest BCUT2D eigenvalue weighted by Crippen LogP contribution is -2.28. The van der Waals surface area contributed by atoms with E-state index in [0.29, 0.717) is 11.5 Å². The van der Waals surface area contributed by atoms with Gasteiger partial charge in [0.25, 0.3) is 11.8 Å². The first-order chi connectivity index (χ1) is 16.9. The Morgan fingerprint density at radius 3 is 2.51 bits per heavy atom. The van der Waals surface area contributed by atoms with Crippen molar-refractivity contribution in [2.24, 2.45) is 28.8 Å². The summed E-state index contributed by atoms with van der Waals surface area (Å²) in [6.07, 6.45) is 5.85. The van der Waals surface area contributed by atoms with Gasteiger partial charge in [-0.3, -0.25) is 19.7 Å². The second kappa shape index (κ2) is 7.76. The number of carbonyl (C=O) groups excluding carboxylic acids is 3. The van der Waals surface area contributed by atoms with E-state index in [1.165, 1.54) is 36.4 Å². The quantitative estimate of drug-likeness (QED) is 0.122. The van der Waals surface area contributed by atoms with Gasteiger partial charge >= 0.3 is 11.7 Å². The molecule has 0 N–H and O–H groups in total.